The van der Waals surface area contributed by atoms with Gasteiger partial charge in [0, 0.05) is 24.9 Å². The maximum absolute atomic E-state index is 14.2. The molecule has 6 nitrogen and oxygen atoms in total. The summed E-state index contributed by atoms with van der Waals surface area (Å²) in [5, 5.41) is 2.76. The van der Waals surface area contributed by atoms with Crippen molar-refractivity contribution in [2.45, 2.75) is 50.3 Å². The summed E-state index contributed by atoms with van der Waals surface area (Å²) in [5.41, 5.74) is 0.352. The third kappa shape index (κ3) is 4.03. The maximum Gasteiger partial charge on any atom is 0.255 e. The summed E-state index contributed by atoms with van der Waals surface area (Å²) in [6.07, 6.45) is 0.0671. The van der Waals surface area contributed by atoms with Gasteiger partial charge in [0.25, 0.3) is 11.8 Å². The van der Waals surface area contributed by atoms with Gasteiger partial charge in [0.1, 0.15) is 6.10 Å². The van der Waals surface area contributed by atoms with E-state index in [2.05, 4.69) is 10.3 Å². The molecule has 1 aliphatic carbocycles. The highest BCUT2D eigenvalue weighted by atomic mass is 19.3. The SMILES string of the molecule is COc1nc(OC2CC(F)(F)C2)c(F)cc1CNC(=O)C1CCCN1C. The van der Waals surface area contributed by atoms with Gasteiger partial charge in [0.15, 0.2) is 5.82 Å². The van der Waals surface area contributed by atoms with E-state index in [0.29, 0.717) is 5.56 Å². The smallest absolute Gasteiger partial charge is 0.255 e. The van der Waals surface area contributed by atoms with Crippen LogP contribution in [0.2, 0.25) is 0 Å². The number of rotatable bonds is 6. The van der Waals surface area contributed by atoms with Gasteiger partial charge in [-0.1, -0.05) is 0 Å². The molecule has 1 saturated carbocycles. The highest BCUT2D eigenvalue weighted by Gasteiger charge is 2.47. The molecule has 1 aromatic rings. The molecular formula is C17H22F3N3O3. The summed E-state index contributed by atoms with van der Waals surface area (Å²) < 4.78 is 50.3. The third-order valence-electron chi connectivity index (χ3n) is 4.78. The average Bonchev–Trinajstić information content (AvgIpc) is 2.99. The number of likely N-dealkylation sites (N-methyl/N-ethyl adjacent to an activating group) is 1. The molecule has 1 saturated heterocycles. The lowest BCUT2D eigenvalue weighted by molar-refractivity contribution is -0.136. The summed E-state index contributed by atoms with van der Waals surface area (Å²) in [4.78, 5) is 18.1. The van der Waals surface area contributed by atoms with Gasteiger partial charge in [-0.25, -0.2) is 13.2 Å². The summed E-state index contributed by atoms with van der Waals surface area (Å²) >= 11 is 0. The van der Waals surface area contributed by atoms with Crippen molar-refractivity contribution in [1.82, 2.24) is 15.2 Å². The number of aromatic nitrogens is 1. The van der Waals surface area contributed by atoms with Gasteiger partial charge in [-0.15, -0.1) is 0 Å². The van der Waals surface area contributed by atoms with Crippen molar-refractivity contribution in [2.75, 3.05) is 20.7 Å². The summed E-state index contributed by atoms with van der Waals surface area (Å²) in [6.45, 7) is 0.919. The first kappa shape index (κ1) is 18.8. The Morgan fingerprint density at radius 1 is 1.42 bits per heavy atom. The first-order valence-electron chi connectivity index (χ1n) is 8.55. The number of carbonyl (C=O) groups excluding carboxylic acids is 1. The summed E-state index contributed by atoms with van der Waals surface area (Å²) in [6, 6.07) is 0.957. The van der Waals surface area contributed by atoms with Crippen LogP contribution in [0.1, 0.15) is 31.2 Å². The van der Waals surface area contributed by atoms with Crippen LogP contribution in [0, 0.1) is 5.82 Å². The number of methoxy groups -OCH3 is 1. The molecule has 1 unspecified atom stereocenters. The van der Waals surface area contributed by atoms with E-state index in [9.17, 15) is 18.0 Å². The molecule has 1 atom stereocenters. The molecule has 2 aliphatic rings. The van der Waals surface area contributed by atoms with Crippen LogP contribution in [-0.2, 0) is 11.3 Å². The Bertz CT molecular complexity index is 679. The molecule has 0 bridgehead atoms. The molecular weight excluding hydrogens is 351 g/mol. The van der Waals surface area contributed by atoms with E-state index in [1.165, 1.54) is 7.11 Å². The van der Waals surface area contributed by atoms with Gasteiger partial charge in [-0.2, -0.15) is 4.98 Å². The predicted molar refractivity (Wildman–Crippen MR) is 86.8 cm³/mol. The first-order chi connectivity index (χ1) is 12.3. The average molecular weight is 373 g/mol. The second-order valence-corrected chi connectivity index (χ2v) is 6.80. The molecule has 1 aromatic heterocycles. The lowest BCUT2D eigenvalue weighted by Gasteiger charge is -2.34. The van der Waals surface area contributed by atoms with Crippen LogP contribution in [0.25, 0.3) is 0 Å². The highest BCUT2D eigenvalue weighted by Crippen LogP contribution is 2.40. The number of alkyl halides is 2. The lowest BCUT2D eigenvalue weighted by atomic mass is 9.91. The van der Waals surface area contributed by atoms with Crippen LogP contribution in [0.3, 0.4) is 0 Å². The number of amides is 1. The number of nitrogens with zero attached hydrogens (tertiary/aromatic N) is 2. The third-order valence-corrected chi connectivity index (χ3v) is 4.78. The highest BCUT2D eigenvalue weighted by molar-refractivity contribution is 5.82. The van der Waals surface area contributed by atoms with Crippen LogP contribution in [0.5, 0.6) is 11.8 Å². The molecule has 144 valence electrons. The van der Waals surface area contributed by atoms with Gasteiger partial charge in [0.2, 0.25) is 11.8 Å². The first-order valence-corrected chi connectivity index (χ1v) is 8.55. The van der Waals surface area contributed by atoms with Gasteiger partial charge in [-0.05, 0) is 32.5 Å². The van der Waals surface area contributed by atoms with E-state index in [-0.39, 0.29) is 30.3 Å². The minimum absolute atomic E-state index is 0.0536. The standard InChI is InChI=1S/C17H22F3N3O3/c1-23-5-3-4-13(23)14(24)21-9-10-6-12(18)16(22-15(10)25-2)26-11-7-17(19,20)8-11/h6,11,13H,3-5,7-9H2,1-2H3,(H,21,24). The number of carbonyl (C=O) groups is 1. The second-order valence-electron chi connectivity index (χ2n) is 6.80. The molecule has 2 fully saturated rings. The lowest BCUT2D eigenvalue weighted by Crippen LogP contribution is -2.43. The molecule has 0 aromatic carbocycles. The van der Waals surface area contributed by atoms with Crippen LogP contribution < -0.4 is 14.8 Å². The van der Waals surface area contributed by atoms with Crippen molar-refractivity contribution in [3.8, 4) is 11.8 Å². The normalized spacial score (nSPS) is 22.7. The zero-order chi connectivity index (χ0) is 18.9. The van der Waals surface area contributed by atoms with Crippen molar-refractivity contribution >= 4 is 5.91 Å². The van der Waals surface area contributed by atoms with Crippen molar-refractivity contribution in [3.05, 3.63) is 17.4 Å². The Morgan fingerprint density at radius 2 is 2.15 bits per heavy atom. The Hall–Kier alpha value is -2.03. The Kier molecular flexibility index (Phi) is 5.27. The molecule has 3 rings (SSSR count). The molecule has 2 heterocycles. The molecule has 1 N–H and O–H groups in total. The summed E-state index contributed by atoms with van der Waals surface area (Å²) in [5.74, 6) is -3.95. The van der Waals surface area contributed by atoms with Crippen molar-refractivity contribution in [3.63, 3.8) is 0 Å². The number of nitrogens with one attached hydrogen (secondary N) is 1. The van der Waals surface area contributed by atoms with E-state index >= 15 is 0 Å². The van der Waals surface area contributed by atoms with E-state index in [0.717, 1.165) is 25.5 Å². The number of hydrogen-bond acceptors (Lipinski definition) is 5. The van der Waals surface area contributed by atoms with Gasteiger partial charge >= 0.3 is 0 Å². The molecule has 26 heavy (non-hydrogen) atoms. The van der Waals surface area contributed by atoms with Crippen LogP contribution in [0.15, 0.2) is 6.07 Å². The summed E-state index contributed by atoms with van der Waals surface area (Å²) in [7, 11) is 3.24. The van der Waals surface area contributed by atoms with Crippen LogP contribution in [0.4, 0.5) is 13.2 Å². The fraction of sp³-hybridized carbons (Fsp3) is 0.647. The van der Waals surface area contributed by atoms with E-state index in [4.69, 9.17) is 9.47 Å². The zero-order valence-corrected chi connectivity index (χ0v) is 14.7. The van der Waals surface area contributed by atoms with Crippen molar-refractivity contribution in [2.24, 2.45) is 0 Å². The Balaban J connectivity index is 1.64. The van der Waals surface area contributed by atoms with Crippen molar-refractivity contribution in [1.29, 1.82) is 0 Å². The topological polar surface area (TPSA) is 63.7 Å². The number of halogens is 3. The molecule has 0 radical (unpaired) electrons. The molecule has 9 heteroatoms. The van der Waals surface area contributed by atoms with E-state index < -0.39 is 30.7 Å². The number of ether oxygens (including phenoxy) is 2. The minimum Gasteiger partial charge on any atom is -0.481 e. The minimum atomic E-state index is -2.76. The van der Waals surface area contributed by atoms with Crippen LogP contribution in [-0.4, -0.2) is 54.6 Å². The van der Waals surface area contributed by atoms with Crippen LogP contribution >= 0.6 is 0 Å². The van der Waals surface area contributed by atoms with Gasteiger partial charge < -0.3 is 14.8 Å². The van der Waals surface area contributed by atoms with Gasteiger partial charge in [-0.3, -0.25) is 9.69 Å². The Morgan fingerprint density at radius 3 is 2.73 bits per heavy atom. The second kappa shape index (κ2) is 7.30. The van der Waals surface area contributed by atoms with E-state index in [1.807, 2.05) is 11.9 Å². The molecule has 1 aliphatic heterocycles. The van der Waals surface area contributed by atoms with Gasteiger partial charge in [0.05, 0.1) is 13.2 Å². The maximum atomic E-state index is 14.2. The zero-order valence-electron chi connectivity index (χ0n) is 14.7. The number of likely N-dealkylation sites (tertiary alicyclic amines) is 1. The number of hydrogen-bond donors (Lipinski definition) is 1. The largest absolute Gasteiger partial charge is 0.481 e. The van der Waals surface area contributed by atoms with E-state index in [1.54, 1.807) is 0 Å². The van der Waals surface area contributed by atoms with Crippen molar-refractivity contribution < 1.29 is 27.4 Å². The fourth-order valence-corrected chi connectivity index (χ4v) is 3.27. The monoisotopic (exact) mass is 373 g/mol. The molecule has 0 spiro atoms. The predicted octanol–water partition coefficient (Wildman–Crippen LogP) is 2.12. The Labute approximate surface area is 149 Å². The number of pyridine rings is 1. The molecule has 1 amide bonds. The fourth-order valence-electron chi connectivity index (χ4n) is 3.27. The quantitative estimate of drug-likeness (QED) is 0.828.